The van der Waals surface area contributed by atoms with Gasteiger partial charge in [0.2, 0.25) is 5.12 Å². The van der Waals surface area contributed by atoms with Crippen LogP contribution in [0.15, 0.2) is 91.0 Å². The Morgan fingerprint density at radius 3 is 1.25 bits per heavy atom. The molecule has 1 atom stereocenters. The van der Waals surface area contributed by atoms with Crippen molar-refractivity contribution < 1.29 is 4.79 Å². The monoisotopic (exact) mass is 351 g/mol. The Balaban J connectivity index is 2.39. The van der Waals surface area contributed by atoms with Crippen LogP contribution < -0.4 is 15.9 Å². The van der Waals surface area contributed by atoms with Gasteiger partial charge in [-0.15, -0.1) is 12.6 Å². The first-order valence-corrected chi connectivity index (χ1v) is 10.3. The summed E-state index contributed by atoms with van der Waals surface area (Å²) >= 11 is 4.23. The molecule has 0 aliphatic carbocycles. The van der Waals surface area contributed by atoms with Gasteiger partial charge in [0.1, 0.15) is 28.8 Å². The Kier molecular flexibility index (Phi) is 5.18. The van der Waals surface area contributed by atoms with Crippen LogP contribution in [0.3, 0.4) is 0 Å². The van der Waals surface area contributed by atoms with E-state index >= 15 is 0 Å². The molecule has 0 fully saturated rings. The molecule has 0 spiro atoms. The van der Waals surface area contributed by atoms with Gasteiger partial charge in [0.25, 0.3) is 0 Å². The molecule has 0 saturated heterocycles. The molecule has 24 heavy (non-hydrogen) atoms. The van der Waals surface area contributed by atoms with Crippen molar-refractivity contribution in [1.29, 1.82) is 0 Å². The average molecular weight is 351 g/mol. The summed E-state index contributed by atoms with van der Waals surface area (Å²) < 4.78 is 0. The Labute approximate surface area is 149 Å². The van der Waals surface area contributed by atoms with E-state index in [9.17, 15) is 4.79 Å². The van der Waals surface area contributed by atoms with E-state index < -0.39 is 7.26 Å². The minimum atomic E-state index is -2.13. The predicted molar refractivity (Wildman–Crippen MR) is 109 cm³/mol. The molecule has 1 unspecified atom stereocenters. The third-order valence-corrected chi connectivity index (χ3v) is 9.75. The number of hydrogen-bond donors (Lipinski definition) is 1. The summed E-state index contributed by atoms with van der Waals surface area (Å²) in [5.74, 6) is 0. The van der Waals surface area contributed by atoms with E-state index in [0.717, 1.165) is 0 Å². The standard InChI is InChI=1S/C21H19OPS/c1-17(21(22)24)23(18-11-5-2-6-12-18,19-13-7-3-8-14-19)20-15-9-4-10-16-20/h2-17H,1H3/p+1. The van der Waals surface area contributed by atoms with Crippen LogP contribution in [0.1, 0.15) is 6.92 Å². The van der Waals surface area contributed by atoms with E-state index in [1.807, 2.05) is 61.5 Å². The van der Waals surface area contributed by atoms with Gasteiger partial charge >= 0.3 is 0 Å². The van der Waals surface area contributed by atoms with Crippen molar-refractivity contribution in [2.24, 2.45) is 0 Å². The highest BCUT2D eigenvalue weighted by Crippen LogP contribution is 2.60. The number of thiol groups is 1. The summed E-state index contributed by atoms with van der Waals surface area (Å²) in [6.07, 6.45) is 0. The number of carbonyl (C=O) groups excluding carboxylic acids is 1. The number of rotatable bonds is 5. The van der Waals surface area contributed by atoms with Crippen LogP contribution in [0.5, 0.6) is 0 Å². The van der Waals surface area contributed by atoms with Crippen molar-refractivity contribution in [3.8, 4) is 0 Å². The van der Waals surface area contributed by atoms with Crippen LogP contribution in [0, 0.1) is 0 Å². The van der Waals surface area contributed by atoms with Crippen molar-refractivity contribution in [1.82, 2.24) is 0 Å². The van der Waals surface area contributed by atoms with Gasteiger partial charge in [-0.3, -0.25) is 4.79 Å². The van der Waals surface area contributed by atoms with Gasteiger partial charge in [-0.1, -0.05) is 54.6 Å². The molecule has 120 valence electrons. The zero-order valence-corrected chi connectivity index (χ0v) is 15.3. The highest BCUT2D eigenvalue weighted by Gasteiger charge is 2.52. The Hall–Kier alpha value is -1.89. The second-order valence-electron chi connectivity index (χ2n) is 5.74. The Morgan fingerprint density at radius 1 is 0.708 bits per heavy atom. The predicted octanol–water partition coefficient (Wildman–Crippen LogP) is 3.83. The summed E-state index contributed by atoms with van der Waals surface area (Å²) in [5.41, 5.74) is -0.201. The molecular weight excluding hydrogens is 331 g/mol. The molecular formula is C21H20OPS+. The summed E-state index contributed by atoms with van der Waals surface area (Å²) in [4.78, 5) is 12.4. The number of carbonyl (C=O) groups is 1. The third kappa shape index (κ3) is 2.92. The van der Waals surface area contributed by atoms with Crippen LogP contribution in [0.25, 0.3) is 0 Å². The lowest BCUT2D eigenvalue weighted by molar-refractivity contribution is -0.110. The average Bonchev–Trinajstić information content (AvgIpc) is 2.65. The molecule has 0 aromatic heterocycles. The minimum absolute atomic E-state index is 0.0695. The largest absolute Gasteiger partial charge is 0.283 e. The smallest absolute Gasteiger partial charge is 0.227 e. The second kappa shape index (κ2) is 7.34. The zero-order valence-electron chi connectivity index (χ0n) is 13.5. The van der Waals surface area contributed by atoms with E-state index in [4.69, 9.17) is 0 Å². The fourth-order valence-corrected chi connectivity index (χ4v) is 8.29. The Morgan fingerprint density at radius 2 is 1.00 bits per heavy atom. The van der Waals surface area contributed by atoms with Gasteiger partial charge in [0, 0.05) is 0 Å². The first-order valence-electron chi connectivity index (χ1n) is 7.95. The van der Waals surface area contributed by atoms with Crippen LogP contribution in [0.2, 0.25) is 0 Å². The lowest BCUT2D eigenvalue weighted by atomic mass is 10.3. The van der Waals surface area contributed by atoms with E-state index in [2.05, 4.69) is 49.0 Å². The van der Waals surface area contributed by atoms with Crippen molar-refractivity contribution in [2.75, 3.05) is 0 Å². The zero-order chi connectivity index (χ0) is 17.0. The highest BCUT2D eigenvalue weighted by atomic mass is 32.1. The fraction of sp³-hybridized carbons (Fsp3) is 0.0952. The van der Waals surface area contributed by atoms with Crippen LogP contribution in [-0.4, -0.2) is 10.8 Å². The van der Waals surface area contributed by atoms with Gasteiger partial charge in [0.15, 0.2) is 0 Å². The molecule has 3 rings (SSSR count). The SMILES string of the molecule is CC(C(=O)S)[P+](c1ccccc1)(c1ccccc1)c1ccccc1. The van der Waals surface area contributed by atoms with Crippen molar-refractivity contribution in [3.63, 3.8) is 0 Å². The Bertz CT molecular complexity index is 706. The van der Waals surface area contributed by atoms with E-state index in [0.29, 0.717) is 0 Å². The normalized spacial score (nSPS) is 12.6. The second-order valence-corrected chi connectivity index (χ2v) is 9.95. The third-order valence-electron chi connectivity index (χ3n) is 4.43. The molecule has 0 saturated carbocycles. The molecule has 0 amide bonds. The van der Waals surface area contributed by atoms with E-state index in [1.54, 1.807) is 0 Å². The molecule has 1 nitrogen and oxygen atoms in total. The maximum absolute atomic E-state index is 12.4. The van der Waals surface area contributed by atoms with Gasteiger partial charge < -0.3 is 0 Å². The van der Waals surface area contributed by atoms with Gasteiger partial charge in [0.05, 0.1) is 0 Å². The quantitative estimate of drug-likeness (QED) is 0.546. The molecule has 0 radical (unpaired) electrons. The minimum Gasteiger partial charge on any atom is -0.283 e. The molecule has 0 N–H and O–H groups in total. The molecule has 3 aromatic carbocycles. The van der Waals surface area contributed by atoms with Crippen molar-refractivity contribution in [2.45, 2.75) is 12.6 Å². The summed E-state index contributed by atoms with van der Waals surface area (Å²) in [6, 6.07) is 31.2. The molecule has 0 aliphatic rings. The van der Waals surface area contributed by atoms with Crippen molar-refractivity contribution >= 4 is 40.9 Å². The maximum Gasteiger partial charge on any atom is 0.227 e. The summed E-state index contributed by atoms with van der Waals surface area (Å²) in [7, 11) is -2.13. The summed E-state index contributed by atoms with van der Waals surface area (Å²) in [6.45, 7) is 2.01. The van der Waals surface area contributed by atoms with Gasteiger partial charge in [-0.05, 0) is 43.3 Å². The van der Waals surface area contributed by atoms with E-state index in [1.165, 1.54) is 15.9 Å². The number of hydrogen-bond acceptors (Lipinski definition) is 1. The lowest BCUT2D eigenvalue weighted by Gasteiger charge is -2.31. The van der Waals surface area contributed by atoms with Crippen molar-refractivity contribution in [3.05, 3.63) is 91.0 Å². The van der Waals surface area contributed by atoms with Crippen LogP contribution in [-0.2, 0) is 4.79 Å². The maximum atomic E-state index is 12.4. The highest BCUT2D eigenvalue weighted by molar-refractivity contribution is 8.02. The molecule has 3 heteroatoms. The van der Waals surface area contributed by atoms with E-state index in [-0.39, 0.29) is 10.8 Å². The first-order chi connectivity index (χ1) is 11.7. The molecule has 0 bridgehead atoms. The molecule has 3 aromatic rings. The first kappa shape index (κ1) is 17.0. The van der Waals surface area contributed by atoms with Crippen LogP contribution in [0.4, 0.5) is 0 Å². The number of benzene rings is 3. The lowest BCUT2D eigenvalue weighted by Crippen LogP contribution is -2.39. The van der Waals surface area contributed by atoms with Crippen LogP contribution >= 0.6 is 19.9 Å². The molecule has 0 aliphatic heterocycles. The summed E-state index contributed by atoms with van der Waals surface area (Å²) in [5, 5.41) is 3.55. The molecule has 0 heterocycles. The fourth-order valence-electron chi connectivity index (χ4n) is 3.27. The van der Waals surface area contributed by atoms with Gasteiger partial charge in [-0.25, -0.2) is 0 Å². The van der Waals surface area contributed by atoms with Gasteiger partial charge in [-0.2, -0.15) is 0 Å². The topological polar surface area (TPSA) is 17.1 Å².